The fourth-order valence-electron chi connectivity index (χ4n) is 1.30. The maximum atomic E-state index is 12.1. The lowest BCUT2D eigenvalue weighted by molar-refractivity contribution is -0.124. The molecule has 0 saturated carbocycles. The van der Waals surface area contributed by atoms with E-state index >= 15 is 0 Å². The van der Waals surface area contributed by atoms with Gasteiger partial charge < -0.3 is 5.73 Å². The largest absolute Gasteiger partial charge is 0.329 e. The molecule has 0 fully saturated rings. The molecule has 5 nitrogen and oxygen atoms in total. The first-order valence-electron chi connectivity index (χ1n) is 4.88. The minimum Gasteiger partial charge on any atom is -0.329 e. The van der Waals surface area contributed by atoms with Gasteiger partial charge in [0.25, 0.3) is 10.0 Å². The lowest BCUT2D eigenvalue weighted by Gasteiger charge is -2.20. The normalized spacial score (nSPS) is 11.2. The van der Waals surface area contributed by atoms with E-state index in [4.69, 9.17) is 5.73 Å². The Morgan fingerprint density at radius 1 is 1.35 bits per heavy atom. The predicted molar refractivity (Wildman–Crippen MR) is 67.8 cm³/mol. The molecular formula is C10H13BrN2O3S. The molecule has 2 N–H and O–H groups in total. The molecule has 0 heterocycles. The molecule has 0 atom stereocenters. The molecule has 1 aromatic carbocycles. The van der Waals surface area contributed by atoms with Gasteiger partial charge in [-0.15, -0.1) is 0 Å². The molecule has 0 aliphatic carbocycles. The van der Waals surface area contributed by atoms with Crippen LogP contribution in [-0.2, 0) is 14.8 Å². The number of sulfonamides is 1. The number of carbonyl (C=O) groups is 1. The Bertz CT molecular complexity index is 499. The summed E-state index contributed by atoms with van der Waals surface area (Å²) >= 11 is 3.21. The summed E-state index contributed by atoms with van der Waals surface area (Å²) in [6.45, 7) is 1.27. The van der Waals surface area contributed by atoms with Crippen LogP contribution in [0.1, 0.15) is 6.92 Å². The SMILES string of the molecule is CC(=O)N(CCN)S(=O)(=O)c1ccc(Br)cc1. The first-order chi connectivity index (χ1) is 7.89. The van der Waals surface area contributed by atoms with Gasteiger partial charge >= 0.3 is 0 Å². The van der Waals surface area contributed by atoms with Crippen molar-refractivity contribution in [2.24, 2.45) is 5.73 Å². The Morgan fingerprint density at radius 3 is 2.29 bits per heavy atom. The number of hydrogen-bond acceptors (Lipinski definition) is 4. The summed E-state index contributed by atoms with van der Waals surface area (Å²) in [6, 6.07) is 6.08. The van der Waals surface area contributed by atoms with Crippen molar-refractivity contribution in [1.29, 1.82) is 0 Å². The van der Waals surface area contributed by atoms with E-state index in [1.807, 2.05) is 0 Å². The van der Waals surface area contributed by atoms with Crippen molar-refractivity contribution in [3.63, 3.8) is 0 Å². The van der Waals surface area contributed by atoms with E-state index in [1.165, 1.54) is 19.1 Å². The first kappa shape index (κ1) is 14.1. The second-order valence-electron chi connectivity index (χ2n) is 3.34. The smallest absolute Gasteiger partial charge is 0.266 e. The zero-order chi connectivity index (χ0) is 13.1. The van der Waals surface area contributed by atoms with Gasteiger partial charge in [0, 0.05) is 24.5 Å². The molecular weight excluding hydrogens is 308 g/mol. The number of rotatable bonds is 4. The van der Waals surface area contributed by atoms with Crippen LogP contribution in [0.25, 0.3) is 0 Å². The van der Waals surface area contributed by atoms with Gasteiger partial charge in [0.2, 0.25) is 5.91 Å². The summed E-state index contributed by atoms with van der Waals surface area (Å²) in [5.41, 5.74) is 5.30. The van der Waals surface area contributed by atoms with Crippen molar-refractivity contribution in [3.8, 4) is 0 Å². The maximum Gasteiger partial charge on any atom is 0.266 e. The van der Waals surface area contributed by atoms with Crippen LogP contribution < -0.4 is 5.73 Å². The van der Waals surface area contributed by atoms with Crippen LogP contribution in [0, 0.1) is 0 Å². The molecule has 1 rings (SSSR count). The van der Waals surface area contributed by atoms with E-state index in [1.54, 1.807) is 12.1 Å². The van der Waals surface area contributed by atoms with E-state index in [2.05, 4.69) is 15.9 Å². The molecule has 0 aliphatic heterocycles. The van der Waals surface area contributed by atoms with E-state index < -0.39 is 15.9 Å². The predicted octanol–water partition coefficient (Wildman–Crippen LogP) is 0.945. The highest BCUT2D eigenvalue weighted by Gasteiger charge is 2.25. The van der Waals surface area contributed by atoms with Crippen LogP contribution in [0.3, 0.4) is 0 Å². The molecule has 94 valence electrons. The summed E-state index contributed by atoms with van der Waals surface area (Å²) < 4.78 is 25.8. The summed E-state index contributed by atoms with van der Waals surface area (Å²) in [5.74, 6) is -0.543. The van der Waals surface area contributed by atoms with Gasteiger partial charge in [-0.3, -0.25) is 4.79 Å². The van der Waals surface area contributed by atoms with Crippen molar-refractivity contribution in [2.45, 2.75) is 11.8 Å². The van der Waals surface area contributed by atoms with Crippen molar-refractivity contribution >= 4 is 31.9 Å². The molecule has 1 aromatic rings. The zero-order valence-corrected chi connectivity index (χ0v) is 11.7. The Balaban J connectivity index is 3.16. The maximum absolute atomic E-state index is 12.1. The average molecular weight is 321 g/mol. The van der Waals surface area contributed by atoms with Gasteiger partial charge in [-0.25, -0.2) is 12.7 Å². The van der Waals surface area contributed by atoms with Crippen LogP contribution in [0.4, 0.5) is 0 Å². The van der Waals surface area contributed by atoms with Crippen LogP contribution in [-0.4, -0.2) is 31.7 Å². The molecule has 0 saturated heterocycles. The average Bonchev–Trinajstić information content (AvgIpc) is 2.25. The number of nitrogens with two attached hydrogens (primary N) is 1. The molecule has 0 spiro atoms. The third-order valence-corrected chi connectivity index (χ3v) is 4.50. The van der Waals surface area contributed by atoms with Crippen molar-refractivity contribution in [3.05, 3.63) is 28.7 Å². The highest BCUT2D eigenvalue weighted by molar-refractivity contribution is 9.10. The monoisotopic (exact) mass is 320 g/mol. The topological polar surface area (TPSA) is 80.5 Å². The molecule has 0 bridgehead atoms. The quantitative estimate of drug-likeness (QED) is 0.895. The lowest BCUT2D eigenvalue weighted by atomic mass is 10.4. The van der Waals surface area contributed by atoms with E-state index in [-0.39, 0.29) is 18.0 Å². The molecule has 7 heteroatoms. The molecule has 0 radical (unpaired) electrons. The third kappa shape index (κ3) is 3.27. The summed E-state index contributed by atoms with van der Waals surface area (Å²) in [7, 11) is -3.80. The number of benzene rings is 1. The fourth-order valence-corrected chi connectivity index (χ4v) is 2.98. The van der Waals surface area contributed by atoms with Crippen molar-refractivity contribution < 1.29 is 13.2 Å². The van der Waals surface area contributed by atoms with E-state index in [9.17, 15) is 13.2 Å². The minimum absolute atomic E-state index is 0.0201. The van der Waals surface area contributed by atoms with Crippen molar-refractivity contribution in [1.82, 2.24) is 4.31 Å². The molecule has 0 aliphatic rings. The van der Waals surface area contributed by atoms with Crippen LogP contribution in [0.15, 0.2) is 33.6 Å². The number of nitrogens with zero attached hydrogens (tertiary/aromatic N) is 1. The van der Waals surface area contributed by atoms with Crippen LogP contribution in [0.5, 0.6) is 0 Å². The van der Waals surface area contributed by atoms with Gasteiger partial charge in [0.1, 0.15) is 0 Å². The van der Waals surface area contributed by atoms with Crippen LogP contribution in [0.2, 0.25) is 0 Å². The van der Waals surface area contributed by atoms with Gasteiger partial charge in [-0.2, -0.15) is 0 Å². The first-order valence-corrected chi connectivity index (χ1v) is 7.12. The van der Waals surface area contributed by atoms with E-state index in [0.717, 1.165) is 8.78 Å². The Morgan fingerprint density at radius 2 is 1.88 bits per heavy atom. The van der Waals surface area contributed by atoms with Gasteiger partial charge in [-0.05, 0) is 24.3 Å². The van der Waals surface area contributed by atoms with Gasteiger partial charge in [0.05, 0.1) is 4.90 Å². The summed E-state index contributed by atoms with van der Waals surface area (Å²) in [5, 5.41) is 0. The van der Waals surface area contributed by atoms with Gasteiger partial charge in [0.15, 0.2) is 0 Å². The summed E-state index contributed by atoms with van der Waals surface area (Å²) in [6.07, 6.45) is 0. The van der Waals surface area contributed by atoms with Crippen LogP contribution >= 0.6 is 15.9 Å². The molecule has 0 unspecified atom stereocenters. The highest BCUT2D eigenvalue weighted by Crippen LogP contribution is 2.18. The number of amides is 1. The zero-order valence-electron chi connectivity index (χ0n) is 9.26. The number of halogens is 1. The highest BCUT2D eigenvalue weighted by atomic mass is 79.9. The fraction of sp³-hybridized carbons (Fsp3) is 0.300. The Labute approximate surface area is 109 Å². The van der Waals surface area contributed by atoms with E-state index in [0.29, 0.717) is 0 Å². The minimum atomic E-state index is -3.80. The Kier molecular flexibility index (Phi) is 4.67. The third-order valence-electron chi connectivity index (χ3n) is 2.09. The molecule has 17 heavy (non-hydrogen) atoms. The van der Waals surface area contributed by atoms with Gasteiger partial charge in [-0.1, -0.05) is 15.9 Å². The Hall–Kier alpha value is -0.920. The lowest BCUT2D eigenvalue weighted by Crippen LogP contribution is -2.38. The number of carbonyl (C=O) groups excluding carboxylic acids is 1. The van der Waals surface area contributed by atoms with Crippen molar-refractivity contribution in [2.75, 3.05) is 13.1 Å². The molecule has 1 amide bonds. The second kappa shape index (κ2) is 5.61. The standard InChI is InChI=1S/C10H13BrN2O3S/c1-8(14)13(7-6-12)17(15,16)10-4-2-9(11)3-5-10/h2-5H,6-7,12H2,1H3. The molecule has 0 aromatic heterocycles. The summed E-state index contributed by atoms with van der Waals surface area (Å²) in [4.78, 5) is 11.4. The number of hydrogen-bond donors (Lipinski definition) is 1. The second-order valence-corrected chi connectivity index (χ2v) is 6.12.